The Bertz CT molecular complexity index is 875. The summed E-state index contributed by atoms with van der Waals surface area (Å²) in [6.07, 6.45) is 2.85. The van der Waals surface area contributed by atoms with Crippen LogP contribution in [0, 0.1) is 10.8 Å². The molecule has 2 unspecified atom stereocenters. The summed E-state index contributed by atoms with van der Waals surface area (Å²) in [4.78, 5) is 29.4. The molecule has 1 aromatic carbocycles. The fourth-order valence-electron chi connectivity index (χ4n) is 4.01. The summed E-state index contributed by atoms with van der Waals surface area (Å²) in [5.74, 6) is -0.369. The van der Waals surface area contributed by atoms with E-state index in [1.807, 2.05) is 32.9 Å². The van der Waals surface area contributed by atoms with E-state index >= 15 is 0 Å². The Balaban J connectivity index is 1.68. The van der Waals surface area contributed by atoms with Gasteiger partial charge in [0.15, 0.2) is 0 Å². The first-order valence-electron chi connectivity index (χ1n) is 8.11. The standard InChI is InChI=1S/C19H19NO4/c1-17(2)18(3)8-9-19(17,24-15(18)21)16(22)23-13-6-7-14-12(11-13)5-4-10-20-14/h4-7,10-11H,8-9H2,1-3H3. The van der Waals surface area contributed by atoms with Gasteiger partial charge in [-0.05, 0) is 44.0 Å². The summed E-state index contributed by atoms with van der Waals surface area (Å²) in [7, 11) is 0. The molecule has 2 fully saturated rings. The van der Waals surface area contributed by atoms with Crippen molar-refractivity contribution in [2.24, 2.45) is 10.8 Å². The molecule has 2 aromatic rings. The second-order valence-corrected chi connectivity index (χ2v) is 7.42. The normalized spacial score (nSPS) is 30.4. The lowest BCUT2D eigenvalue weighted by atomic mass is 9.66. The van der Waals surface area contributed by atoms with E-state index in [4.69, 9.17) is 9.47 Å². The van der Waals surface area contributed by atoms with Gasteiger partial charge in [0.05, 0.1) is 10.9 Å². The monoisotopic (exact) mass is 325 g/mol. The van der Waals surface area contributed by atoms with Crippen LogP contribution in [0.4, 0.5) is 0 Å². The lowest BCUT2D eigenvalue weighted by Crippen LogP contribution is -2.50. The quantitative estimate of drug-likeness (QED) is 0.626. The maximum absolute atomic E-state index is 12.9. The molecule has 1 saturated heterocycles. The highest BCUT2D eigenvalue weighted by Gasteiger charge is 2.76. The van der Waals surface area contributed by atoms with E-state index in [9.17, 15) is 9.59 Å². The minimum absolute atomic E-state index is 0.307. The van der Waals surface area contributed by atoms with Gasteiger partial charge in [-0.1, -0.05) is 19.9 Å². The largest absolute Gasteiger partial charge is 0.446 e. The molecule has 2 atom stereocenters. The number of ether oxygens (including phenoxy) is 2. The van der Waals surface area contributed by atoms with E-state index in [1.54, 1.807) is 24.4 Å². The van der Waals surface area contributed by atoms with E-state index in [1.165, 1.54) is 0 Å². The Morgan fingerprint density at radius 1 is 1.21 bits per heavy atom. The molecule has 2 heterocycles. The molecule has 1 saturated carbocycles. The SMILES string of the molecule is CC12CCC(C(=O)Oc3ccc4ncccc4c3)(OC1=O)C2(C)C. The van der Waals surface area contributed by atoms with Crippen LogP contribution < -0.4 is 4.74 Å². The van der Waals surface area contributed by atoms with Gasteiger partial charge in [0.2, 0.25) is 5.60 Å². The predicted octanol–water partition coefficient (Wildman–Crippen LogP) is 3.26. The van der Waals surface area contributed by atoms with Gasteiger partial charge in [-0.2, -0.15) is 0 Å². The van der Waals surface area contributed by atoms with Crippen LogP contribution in [-0.2, 0) is 14.3 Å². The molecule has 1 aliphatic carbocycles. The van der Waals surface area contributed by atoms with Crippen LogP contribution in [0.25, 0.3) is 10.9 Å². The molecule has 24 heavy (non-hydrogen) atoms. The van der Waals surface area contributed by atoms with Crippen molar-refractivity contribution in [3.05, 3.63) is 36.5 Å². The van der Waals surface area contributed by atoms with Gasteiger partial charge < -0.3 is 9.47 Å². The number of esters is 2. The summed E-state index contributed by atoms with van der Waals surface area (Å²) in [6.45, 7) is 5.70. The topological polar surface area (TPSA) is 65.5 Å². The zero-order valence-corrected chi connectivity index (χ0v) is 14.0. The Hall–Kier alpha value is -2.43. The summed E-state index contributed by atoms with van der Waals surface area (Å²) in [5.41, 5.74) is -1.62. The molecule has 4 rings (SSSR count). The minimum Gasteiger partial charge on any atom is -0.446 e. The molecule has 2 bridgehead atoms. The van der Waals surface area contributed by atoms with Gasteiger partial charge >= 0.3 is 11.9 Å². The van der Waals surface area contributed by atoms with Crippen molar-refractivity contribution >= 4 is 22.8 Å². The highest BCUT2D eigenvalue weighted by atomic mass is 16.6. The highest BCUT2D eigenvalue weighted by molar-refractivity contribution is 5.94. The molecule has 0 spiro atoms. The van der Waals surface area contributed by atoms with Crippen LogP contribution in [0.15, 0.2) is 36.5 Å². The second-order valence-electron chi connectivity index (χ2n) is 7.42. The highest BCUT2D eigenvalue weighted by Crippen LogP contribution is 2.65. The molecule has 5 nitrogen and oxygen atoms in total. The van der Waals surface area contributed by atoms with Crippen LogP contribution in [0.1, 0.15) is 33.6 Å². The minimum atomic E-state index is -1.21. The number of fused-ring (bicyclic) bond motifs is 3. The van der Waals surface area contributed by atoms with Crippen molar-refractivity contribution in [2.45, 2.75) is 39.2 Å². The van der Waals surface area contributed by atoms with Crippen molar-refractivity contribution in [2.75, 3.05) is 0 Å². The molecule has 5 heteroatoms. The van der Waals surface area contributed by atoms with Gasteiger partial charge in [0.1, 0.15) is 5.75 Å². The molecule has 2 aliphatic rings. The maximum atomic E-state index is 12.9. The number of carbonyl (C=O) groups excluding carboxylic acids is 2. The van der Waals surface area contributed by atoms with Crippen molar-refractivity contribution in [1.29, 1.82) is 0 Å². The van der Waals surface area contributed by atoms with Crippen LogP contribution in [-0.4, -0.2) is 22.5 Å². The molecule has 1 aromatic heterocycles. The first kappa shape index (κ1) is 15.1. The van der Waals surface area contributed by atoms with E-state index in [-0.39, 0.29) is 5.97 Å². The van der Waals surface area contributed by atoms with E-state index in [0.717, 1.165) is 10.9 Å². The molecule has 124 valence electrons. The third-order valence-corrected chi connectivity index (χ3v) is 6.20. The average Bonchev–Trinajstić information content (AvgIpc) is 2.85. The molecule has 1 aliphatic heterocycles. The molecule has 0 N–H and O–H groups in total. The Kier molecular flexibility index (Phi) is 2.87. The molecule has 0 amide bonds. The number of pyridine rings is 1. The summed E-state index contributed by atoms with van der Waals surface area (Å²) in [6, 6.07) is 9.03. The number of nitrogens with zero attached hydrogens (tertiary/aromatic N) is 1. The molecular weight excluding hydrogens is 306 g/mol. The number of hydrogen-bond donors (Lipinski definition) is 0. The van der Waals surface area contributed by atoms with Crippen LogP contribution in [0.5, 0.6) is 5.75 Å². The Morgan fingerprint density at radius 2 is 2.00 bits per heavy atom. The summed E-state index contributed by atoms with van der Waals surface area (Å²) < 4.78 is 11.2. The van der Waals surface area contributed by atoms with E-state index in [0.29, 0.717) is 18.6 Å². The number of aromatic nitrogens is 1. The fraction of sp³-hybridized carbons (Fsp3) is 0.421. The van der Waals surface area contributed by atoms with Gasteiger partial charge in [0.25, 0.3) is 0 Å². The van der Waals surface area contributed by atoms with Gasteiger partial charge in [-0.15, -0.1) is 0 Å². The predicted molar refractivity (Wildman–Crippen MR) is 87.3 cm³/mol. The molecular formula is C19H19NO4. The van der Waals surface area contributed by atoms with Crippen LogP contribution in [0.3, 0.4) is 0 Å². The summed E-state index contributed by atoms with van der Waals surface area (Å²) in [5, 5.41) is 0.888. The van der Waals surface area contributed by atoms with Crippen molar-refractivity contribution in [3.63, 3.8) is 0 Å². The van der Waals surface area contributed by atoms with Crippen LogP contribution in [0.2, 0.25) is 0 Å². The van der Waals surface area contributed by atoms with Crippen molar-refractivity contribution < 1.29 is 19.1 Å². The smallest absolute Gasteiger partial charge is 0.356 e. The van der Waals surface area contributed by atoms with Gasteiger partial charge in [-0.25, -0.2) is 4.79 Å². The fourth-order valence-corrected chi connectivity index (χ4v) is 4.01. The lowest BCUT2D eigenvalue weighted by Gasteiger charge is -2.34. The summed E-state index contributed by atoms with van der Waals surface area (Å²) >= 11 is 0. The van der Waals surface area contributed by atoms with E-state index < -0.39 is 22.4 Å². The molecule has 0 radical (unpaired) electrons. The van der Waals surface area contributed by atoms with E-state index in [2.05, 4.69) is 4.98 Å². The number of benzene rings is 1. The Labute approximate surface area is 140 Å². The number of hydrogen-bond acceptors (Lipinski definition) is 5. The van der Waals surface area contributed by atoms with Crippen molar-refractivity contribution in [3.8, 4) is 5.75 Å². The van der Waals surface area contributed by atoms with Gasteiger partial charge in [-0.3, -0.25) is 9.78 Å². The van der Waals surface area contributed by atoms with Crippen LogP contribution >= 0.6 is 0 Å². The second kappa shape index (κ2) is 4.56. The zero-order chi connectivity index (χ0) is 17.2. The third kappa shape index (κ3) is 1.67. The first-order valence-corrected chi connectivity index (χ1v) is 8.11. The Morgan fingerprint density at radius 3 is 2.67 bits per heavy atom. The number of carbonyl (C=O) groups is 2. The van der Waals surface area contributed by atoms with Crippen molar-refractivity contribution in [1.82, 2.24) is 4.98 Å². The number of rotatable bonds is 2. The first-order chi connectivity index (χ1) is 11.3. The zero-order valence-electron chi connectivity index (χ0n) is 14.0. The third-order valence-electron chi connectivity index (χ3n) is 6.20. The lowest BCUT2D eigenvalue weighted by molar-refractivity contribution is -0.176. The maximum Gasteiger partial charge on any atom is 0.356 e. The van der Waals surface area contributed by atoms with Gasteiger partial charge in [0, 0.05) is 17.0 Å². The average molecular weight is 325 g/mol.